The number of unbranched alkanes of at least 4 members (excludes halogenated alkanes) is 2. The van der Waals surface area contributed by atoms with Gasteiger partial charge in [0.15, 0.2) is 40.1 Å². The second-order valence-electron chi connectivity index (χ2n) is 10.5. The lowest BCUT2D eigenvalue weighted by Crippen LogP contribution is -2.30. The lowest BCUT2D eigenvalue weighted by molar-refractivity contribution is -0.697. The highest BCUT2D eigenvalue weighted by molar-refractivity contribution is 8.13. The molecule has 0 aromatic carbocycles. The number of sulfonamides is 4. The van der Waals surface area contributed by atoms with Gasteiger partial charge in [0, 0.05) is 0 Å². The molecule has 0 aliphatic heterocycles. The first-order valence-electron chi connectivity index (χ1n) is 15.2. The van der Waals surface area contributed by atoms with Crippen molar-refractivity contribution >= 4 is 40.1 Å². The molecule has 16 nitrogen and oxygen atoms in total. The summed E-state index contributed by atoms with van der Waals surface area (Å²) in [6.07, 6.45) is 17.7. The van der Waals surface area contributed by atoms with Gasteiger partial charge in [-0.2, -0.15) is 52.7 Å². The topological polar surface area (TPSA) is 201 Å². The molecular formula is C24H36F12N6O10S4. The van der Waals surface area contributed by atoms with E-state index in [1.165, 1.54) is 25.7 Å². The van der Waals surface area contributed by atoms with Gasteiger partial charge in [-0.1, -0.05) is 26.7 Å². The zero-order valence-electron chi connectivity index (χ0n) is 28.9. The lowest BCUT2D eigenvalue weighted by Gasteiger charge is -2.22. The van der Waals surface area contributed by atoms with E-state index in [9.17, 15) is 86.4 Å². The summed E-state index contributed by atoms with van der Waals surface area (Å²) in [5, 5.41) is 0. The molecule has 0 fully saturated rings. The van der Waals surface area contributed by atoms with Gasteiger partial charge in [0.25, 0.3) is 0 Å². The van der Waals surface area contributed by atoms with Crippen LogP contribution in [0.5, 0.6) is 0 Å². The van der Waals surface area contributed by atoms with E-state index >= 15 is 0 Å². The minimum absolute atomic E-state index is 0.652. The van der Waals surface area contributed by atoms with Crippen LogP contribution in [0.3, 0.4) is 0 Å². The summed E-state index contributed by atoms with van der Waals surface area (Å²) in [6, 6.07) is 0. The van der Waals surface area contributed by atoms with E-state index in [-0.39, 0.29) is 0 Å². The molecule has 0 N–H and O–H groups in total. The van der Waals surface area contributed by atoms with Gasteiger partial charge in [0.05, 0.1) is 39.5 Å². The summed E-state index contributed by atoms with van der Waals surface area (Å²) >= 11 is 0. The van der Waals surface area contributed by atoms with Crippen LogP contribution in [0.15, 0.2) is 37.4 Å². The first-order chi connectivity index (χ1) is 25.2. The molecule has 32 heteroatoms. The zero-order valence-corrected chi connectivity index (χ0v) is 32.1. The normalized spacial score (nSPS) is 13.5. The maximum absolute atomic E-state index is 11.4. The molecule has 0 spiro atoms. The van der Waals surface area contributed by atoms with Gasteiger partial charge in [-0.25, -0.2) is 51.9 Å². The predicted molar refractivity (Wildman–Crippen MR) is 167 cm³/mol. The summed E-state index contributed by atoms with van der Waals surface area (Å²) in [7, 11) is -26.9. The van der Waals surface area contributed by atoms with Gasteiger partial charge >= 0.3 is 22.0 Å². The Balaban J connectivity index is 0.000000871. The molecule has 0 saturated carbocycles. The van der Waals surface area contributed by atoms with Crippen molar-refractivity contribution in [3.05, 3.63) is 45.7 Å². The Kier molecular flexibility index (Phi) is 20.7. The first-order valence-corrected chi connectivity index (χ1v) is 21.0. The molecule has 56 heavy (non-hydrogen) atoms. The van der Waals surface area contributed by atoms with E-state index in [2.05, 4.69) is 69.6 Å². The maximum atomic E-state index is 11.4. The van der Waals surface area contributed by atoms with Crippen molar-refractivity contribution in [2.45, 2.75) is 87.7 Å². The van der Waals surface area contributed by atoms with E-state index in [1.807, 2.05) is 0 Å². The van der Waals surface area contributed by atoms with Gasteiger partial charge < -0.3 is 17.7 Å². The van der Waals surface area contributed by atoms with Crippen molar-refractivity contribution in [3.8, 4) is 0 Å². The lowest BCUT2D eigenvalue weighted by atomic mass is 10.3. The van der Waals surface area contributed by atoms with Crippen molar-refractivity contribution in [2.75, 3.05) is 26.4 Å². The number of aromatic nitrogens is 4. The fourth-order valence-corrected chi connectivity index (χ4v) is 6.60. The van der Waals surface area contributed by atoms with Crippen LogP contribution in [-0.2, 0) is 75.7 Å². The summed E-state index contributed by atoms with van der Waals surface area (Å²) in [5.74, 6) is 0. The Labute approximate surface area is 313 Å². The van der Waals surface area contributed by atoms with Gasteiger partial charge in [-0.15, -0.1) is 0 Å². The van der Waals surface area contributed by atoms with Crippen LogP contribution in [0.1, 0.15) is 39.5 Å². The number of imidazole rings is 2. The number of nitrogens with zero attached hydrogens (tertiary/aromatic N) is 6. The third-order valence-corrected chi connectivity index (χ3v) is 11.4. The Morgan fingerprint density at radius 3 is 1.00 bits per heavy atom. The van der Waals surface area contributed by atoms with Gasteiger partial charge in [-0.3, -0.25) is 0 Å². The molecule has 0 aliphatic rings. The molecule has 2 aromatic heterocycles. The molecule has 2 rings (SSSR count). The van der Waals surface area contributed by atoms with E-state index in [0.29, 0.717) is 13.2 Å². The van der Waals surface area contributed by atoms with Crippen molar-refractivity contribution < 1.29 is 105 Å². The van der Waals surface area contributed by atoms with E-state index < -0.39 is 62.1 Å². The van der Waals surface area contributed by atoms with Gasteiger partial charge in [-0.05, 0) is 12.8 Å². The molecule has 0 atom stereocenters. The highest BCUT2D eigenvalue weighted by Crippen LogP contribution is 2.37. The third kappa shape index (κ3) is 19.1. The smallest absolute Gasteiger partial charge is 0.421 e. The summed E-state index contributed by atoms with van der Waals surface area (Å²) in [4.78, 5) is 0. The zero-order chi connectivity index (χ0) is 43.9. The number of ether oxygens (including phenoxy) is 2. The summed E-state index contributed by atoms with van der Waals surface area (Å²) in [5.41, 5.74) is -24.8. The molecule has 2 aromatic rings. The number of rotatable bonds is 19. The highest BCUT2D eigenvalue weighted by Gasteiger charge is 2.48. The molecule has 2 heterocycles. The Bertz CT molecular complexity index is 1690. The average molecular weight is 925 g/mol. The minimum atomic E-state index is -6.72. The second-order valence-corrected chi connectivity index (χ2v) is 17.4. The molecule has 330 valence electrons. The molecule has 0 saturated heterocycles. The predicted octanol–water partition coefficient (Wildman–Crippen LogP) is 4.32. The molecule has 0 bridgehead atoms. The number of aryl methyl sites for hydroxylation is 2. The maximum Gasteiger partial charge on any atom is 0.480 e. The SMILES string of the molecule is CCCC[n+]1ccn(CCOCCOCCn2cc[n+](CCCC)c2)c1.O=S(=O)([N-]S(=O)(=O)C(F)(F)F)C(F)(F)F.O=S(=O)([N-]S(=O)(=O)C(F)(F)F)C(F)(F)F. The monoisotopic (exact) mass is 924 g/mol. The van der Waals surface area contributed by atoms with Crippen LogP contribution >= 0.6 is 0 Å². The number of halogens is 12. The van der Waals surface area contributed by atoms with E-state index in [1.54, 1.807) is 0 Å². The van der Waals surface area contributed by atoms with Gasteiger partial charge in [0.1, 0.15) is 37.9 Å². The fraction of sp³-hybridized carbons (Fsp3) is 0.750. The Morgan fingerprint density at radius 2 is 0.768 bits per heavy atom. The van der Waals surface area contributed by atoms with Crippen LogP contribution in [-0.4, -0.2) is 91.3 Å². The third-order valence-electron chi connectivity index (χ3n) is 5.95. The van der Waals surface area contributed by atoms with Crippen molar-refractivity contribution in [1.29, 1.82) is 0 Å². The van der Waals surface area contributed by atoms with Crippen molar-refractivity contribution in [2.24, 2.45) is 0 Å². The molecular weight excluding hydrogens is 889 g/mol. The Hall–Kier alpha value is -2.78. The fourth-order valence-electron chi connectivity index (χ4n) is 3.18. The van der Waals surface area contributed by atoms with Gasteiger partial charge in [0.2, 0.25) is 12.7 Å². The average Bonchev–Trinajstić information content (AvgIpc) is 3.67. The van der Waals surface area contributed by atoms with Crippen LogP contribution in [0, 0.1) is 0 Å². The number of hydrogen-bond acceptors (Lipinski definition) is 10. The van der Waals surface area contributed by atoms with Crippen LogP contribution in [0.4, 0.5) is 52.7 Å². The molecule has 0 unspecified atom stereocenters. The largest absolute Gasteiger partial charge is 0.480 e. The molecule has 0 radical (unpaired) electrons. The highest BCUT2D eigenvalue weighted by atomic mass is 32.3. The number of hydrogen-bond donors (Lipinski definition) is 0. The second kappa shape index (κ2) is 21.8. The van der Waals surface area contributed by atoms with Crippen LogP contribution in [0.2, 0.25) is 0 Å². The van der Waals surface area contributed by atoms with Crippen molar-refractivity contribution in [3.63, 3.8) is 0 Å². The quantitative estimate of drug-likeness (QED) is 0.111. The Morgan fingerprint density at radius 1 is 0.500 bits per heavy atom. The van der Waals surface area contributed by atoms with Crippen LogP contribution < -0.4 is 9.13 Å². The van der Waals surface area contributed by atoms with E-state index in [4.69, 9.17) is 9.47 Å². The van der Waals surface area contributed by atoms with Crippen LogP contribution in [0.25, 0.3) is 8.25 Å². The molecule has 0 amide bonds. The molecule has 0 aliphatic carbocycles. The van der Waals surface area contributed by atoms with E-state index in [0.717, 1.165) is 47.6 Å². The standard InChI is InChI=1S/C20H36N4O2.2C2F6NO4S2/c1-3-5-7-21-9-11-23(19-21)13-15-25-17-18-26-16-14-24-12-10-22(20-24)8-6-4-2;2*3-1(4,5)14(10,11)9-15(12,13)2(6,7)8/h9-12,19-20H,3-8,13-18H2,1-2H3;;/q+2;2*-1. The summed E-state index contributed by atoms with van der Waals surface area (Å²) < 4.78 is 239. The minimum Gasteiger partial charge on any atom is -0.421 e. The van der Waals surface area contributed by atoms with Crippen molar-refractivity contribution in [1.82, 2.24) is 9.13 Å². The summed E-state index contributed by atoms with van der Waals surface area (Å²) in [6.45, 7) is 11.2. The first kappa shape index (κ1) is 53.2. The number of alkyl halides is 12.